The fourth-order valence-corrected chi connectivity index (χ4v) is 4.10. The average Bonchev–Trinajstić information content (AvgIpc) is 3.10. The van der Waals surface area contributed by atoms with Crippen LogP contribution in [0.3, 0.4) is 0 Å². The molecule has 172 valence electrons. The lowest BCUT2D eigenvalue weighted by Gasteiger charge is -2.25. The molecule has 4 rings (SSSR count). The number of carbonyl (C=O) groups excluding carboxylic acids is 3. The quantitative estimate of drug-likeness (QED) is 0.213. The minimum atomic E-state index is -0.985. The number of hydrogen-bond acceptors (Lipinski definition) is 6. The van der Waals surface area contributed by atoms with Crippen molar-refractivity contribution in [3.8, 4) is 5.75 Å². The molecule has 3 aromatic carbocycles. The molecule has 1 aliphatic heterocycles. The molecule has 2 N–H and O–H groups in total. The summed E-state index contributed by atoms with van der Waals surface area (Å²) in [5.74, 6) is -2.58. The number of rotatable bonds is 5. The van der Waals surface area contributed by atoms with Gasteiger partial charge in [-0.3, -0.25) is 14.5 Å². The van der Waals surface area contributed by atoms with Crippen molar-refractivity contribution >= 4 is 45.0 Å². The normalized spacial score (nSPS) is 17.1. The number of hydrogen-bond donors (Lipinski definition) is 2. The molecule has 0 bridgehead atoms. The van der Waals surface area contributed by atoms with Crippen molar-refractivity contribution in [2.75, 3.05) is 11.5 Å². The Balaban J connectivity index is 1.90. The minimum absolute atomic E-state index is 0.0120. The number of aliphatic hydroxyl groups excluding tert-OH is 1. The molecule has 0 aromatic heterocycles. The van der Waals surface area contributed by atoms with Gasteiger partial charge in [0, 0.05) is 15.7 Å². The molecule has 8 heteroatoms. The van der Waals surface area contributed by atoms with Gasteiger partial charge in [0.1, 0.15) is 11.5 Å². The third-order valence-electron chi connectivity index (χ3n) is 5.41. The molecule has 0 aliphatic carbocycles. The van der Waals surface area contributed by atoms with Crippen LogP contribution in [0.1, 0.15) is 34.5 Å². The number of nitrogens with zero attached hydrogens (tertiary/aromatic N) is 1. The average molecular weight is 522 g/mol. The number of amides is 1. The summed E-state index contributed by atoms with van der Waals surface area (Å²) in [6.07, 6.45) is 0. The van der Waals surface area contributed by atoms with E-state index in [0.29, 0.717) is 16.8 Å². The van der Waals surface area contributed by atoms with E-state index in [1.54, 1.807) is 61.5 Å². The number of phenolic OH excluding ortho intramolecular Hbond substituents is 1. The Morgan fingerprint density at radius 3 is 2.32 bits per heavy atom. The van der Waals surface area contributed by atoms with Gasteiger partial charge in [-0.2, -0.15) is 0 Å². The number of phenols is 1. The van der Waals surface area contributed by atoms with Gasteiger partial charge in [0.2, 0.25) is 0 Å². The van der Waals surface area contributed by atoms with Gasteiger partial charge in [-0.15, -0.1) is 0 Å². The summed E-state index contributed by atoms with van der Waals surface area (Å²) in [5.41, 5.74) is 1.28. The molecular formula is C26H20BrNO6. The summed E-state index contributed by atoms with van der Waals surface area (Å²) < 4.78 is 5.84. The highest BCUT2D eigenvalue weighted by atomic mass is 79.9. The highest BCUT2D eigenvalue weighted by molar-refractivity contribution is 9.10. The van der Waals surface area contributed by atoms with Gasteiger partial charge in [-0.25, -0.2) is 4.79 Å². The summed E-state index contributed by atoms with van der Waals surface area (Å²) in [7, 11) is 0. The van der Waals surface area contributed by atoms with Gasteiger partial charge >= 0.3 is 5.97 Å². The summed E-state index contributed by atoms with van der Waals surface area (Å²) in [5, 5.41) is 20.9. The maximum atomic E-state index is 13.2. The highest BCUT2D eigenvalue weighted by Gasteiger charge is 2.47. The predicted octanol–water partition coefficient (Wildman–Crippen LogP) is 4.96. The van der Waals surface area contributed by atoms with Crippen molar-refractivity contribution < 1.29 is 29.3 Å². The van der Waals surface area contributed by atoms with Crippen molar-refractivity contribution in [2.45, 2.75) is 13.0 Å². The Morgan fingerprint density at radius 2 is 1.68 bits per heavy atom. The molecule has 1 unspecified atom stereocenters. The SMILES string of the molecule is CCOC(=O)c1cccc(N2C(=O)C(=O)/C(=C(/O)c3ccc(Br)cc3)C2c2ccc(O)cc2)c1. The van der Waals surface area contributed by atoms with Gasteiger partial charge in [-0.1, -0.05) is 46.3 Å². The van der Waals surface area contributed by atoms with Crippen LogP contribution < -0.4 is 4.90 Å². The molecule has 0 radical (unpaired) electrons. The van der Waals surface area contributed by atoms with Gasteiger partial charge in [-0.05, 0) is 55.0 Å². The summed E-state index contributed by atoms with van der Waals surface area (Å²) in [6, 6.07) is 17.9. The number of anilines is 1. The molecule has 1 amide bonds. The topological polar surface area (TPSA) is 104 Å². The molecule has 1 saturated heterocycles. The van der Waals surface area contributed by atoms with E-state index in [0.717, 1.165) is 4.47 Å². The number of benzene rings is 3. The fraction of sp³-hybridized carbons (Fsp3) is 0.115. The van der Waals surface area contributed by atoms with E-state index >= 15 is 0 Å². The Kier molecular flexibility index (Phi) is 6.51. The zero-order valence-corrected chi connectivity index (χ0v) is 19.7. The van der Waals surface area contributed by atoms with Crippen LogP contribution in [0, 0.1) is 0 Å². The lowest BCUT2D eigenvalue weighted by molar-refractivity contribution is -0.132. The Morgan fingerprint density at radius 1 is 1.00 bits per heavy atom. The molecule has 7 nitrogen and oxygen atoms in total. The largest absolute Gasteiger partial charge is 0.508 e. The first kappa shape index (κ1) is 23.3. The van der Waals surface area contributed by atoms with Crippen molar-refractivity contribution in [1.29, 1.82) is 0 Å². The van der Waals surface area contributed by atoms with Gasteiger partial charge in [0.25, 0.3) is 11.7 Å². The molecule has 0 spiro atoms. The number of halogens is 1. The molecular weight excluding hydrogens is 502 g/mol. The van der Waals surface area contributed by atoms with Crippen molar-refractivity contribution in [3.63, 3.8) is 0 Å². The van der Waals surface area contributed by atoms with Gasteiger partial charge in [0.05, 0.1) is 23.8 Å². The Labute approximate surface area is 204 Å². The van der Waals surface area contributed by atoms with Crippen LogP contribution in [0.15, 0.2) is 82.8 Å². The highest BCUT2D eigenvalue weighted by Crippen LogP contribution is 2.42. The van der Waals surface area contributed by atoms with E-state index in [-0.39, 0.29) is 29.3 Å². The molecule has 1 fully saturated rings. The van der Waals surface area contributed by atoms with E-state index < -0.39 is 23.7 Å². The van der Waals surface area contributed by atoms with Crippen LogP contribution in [0.4, 0.5) is 5.69 Å². The fourth-order valence-electron chi connectivity index (χ4n) is 3.83. The maximum Gasteiger partial charge on any atom is 0.338 e. The lowest BCUT2D eigenvalue weighted by atomic mass is 9.95. The van der Waals surface area contributed by atoms with Gasteiger partial charge < -0.3 is 14.9 Å². The molecule has 1 atom stereocenters. The summed E-state index contributed by atoms with van der Waals surface area (Å²) in [4.78, 5) is 39.9. The van der Waals surface area contributed by atoms with E-state index in [9.17, 15) is 24.6 Å². The second-order valence-electron chi connectivity index (χ2n) is 7.54. The standard InChI is InChI=1S/C26H20BrNO6/c1-2-34-26(33)17-4-3-5-19(14-17)28-22(15-8-12-20(29)13-9-15)21(24(31)25(28)32)23(30)16-6-10-18(27)11-7-16/h3-14,22,29-30H,2H2,1H3/b23-21+. The van der Waals surface area contributed by atoms with E-state index in [1.807, 2.05) is 0 Å². The number of aromatic hydroxyl groups is 1. The van der Waals surface area contributed by atoms with Crippen LogP contribution in [-0.2, 0) is 14.3 Å². The van der Waals surface area contributed by atoms with E-state index in [4.69, 9.17) is 4.74 Å². The first-order valence-electron chi connectivity index (χ1n) is 10.4. The Hall–Kier alpha value is -3.91. The molecule has 1 heterocycles. The number of aliphatic hydroxyl groups is 1. The predicted molar refractivity (Wildman–Crippen MR) is 129 cm³/mol. The van der Waals surface area contributed by atoms with Crippen LogP contribution in [0.25, 0.3) is 5.76 Å². The second-order valence-corrected chi connectivity index (χ2v) is 8.45. The number of ether oxygens (including phenoxy) is 1. The van der Waals surface area contributed by atoms with Crippen LogP contribution in [0.2, 0.25) is 0 Å². The lowest BCUT2D eigenvalue weighted by Crippen LogP contribution is -2.29. The van der Waals surface area contributed by atoms with E-state index in [2.05, 4.69) is 15.9 Å². The molecule has 3 aromatic rings. The van der Waals surface area contributed by atoms with Crippen molar-refractivity contribution in [3.05, 3.63) is 99.5 Å². The van der Waals surface area contributed by atoms with Crippen molar-refractivity contribution in [2.24, 2.45) is 0 Å². The molecule has 1 aliphatic rings. The van der Waals surface area contributed by atoms with Crippen LogP contribution in [-0.4, -0.2) is 34.5 Å². The minimum Gasteiger partial charge on any atom is -0.508 e. The van der Waals surface area contributed by atoms with Gasteiger partial charge in [0.15, 0.2) is 0 Å². The number of esters is 1. The summed E-state index contributed by atoms with van der Waals surface area (Å²) in [6.45, 7) is 1.88. The smallest absolute Gasteiger partial charge is 0.338 e. The Bertz CT molecular complexity index is 1300. The zero-order chi connectivity index (χ0) is 24.4. The number of Topliss-reactive ketones (excluding diaryl/α,β-unsaturated/α-hetero) is 1. The van der Waals surface area contributed by atoms with Crippen LogP contribution in [0.5, 0.6) is 5.75 Å². The number of carbonyl (C=O) groups is 3. The first-order chi connectivity index (χ1) is 16.3. The van der Waals surface area contributed by atoms with E-state index in [1.165, 1.54) is 23.1 Å². The monoisotopic (exact) mass is 521 g/mol. The van der Waals surface area contributed by atoms with Crippen molar-refractivity contribution in [1.82, 2.24) is 0 Å². The maximum absolute atomic E-state index is 13.2. The first-order valence-corrected chi connectivity index (χ1v) is 11.2. The second kappa shape index (κ2) is 9.52. The molecule has 34 heavy (non-hydrogen) atoms. The zero-order valence-electron chi connectivity index (χ0n) is 18.1. The third kappa shape index (κ3) is 4.32. The number of ketones is 1. The summed E-state index contributed by atoms with van der Waals surface area (Å²) >= 11 is 3.34. The molecule has 0 saturated carbocycles. The third-order valence-corrected chi connectivity index (χ3v) is 5.94. The van der Waals surface area contributed by atoms with Crippen LogP contribution >= 0.6 is 15.9 Å².